The number of pyridine rings is 1. The third-order valence-corrected chi connectivity index (χ3v) is 8.14. The number of hydrogen-bond donors (Lipinski definition) is 1. The van der Waals surface area contributed by atoms with E-state index in [2.05, 4.69) is 17.1 Å². The van der Waals surface area contributed by atoms with Gasteiger partial charge in [0.1, 0.15) is 15.8 Å². The third-order valence-electron chi connectivity index (χ3n) is 6.77. The van der Waals surface area contributed by atoms with Crippen LogP contribution in [0, 0.1) is 6.92 Å². The summed E-state index contributed by atoms with van der Waals surface area (Å²) in [7, 11) is 0. The summed E-state index contributed by atoms with van der Waals surface area (Å²) in [5.41, 5.74) is 1.71. The molecule has 2 aromatic rings. The summed E-state index contributed by atoms with van der Waals surface area (Å²) in [6.45, 7) is 9.81. The average molecular weight is 544 g/mol. The molecule has 37 heavy (non-hydrogen) atoms. The Hall–Kier alpha value is -2.27. The lowest BCUT2D eigenvalue weighted by Gasteiger charge is -2.26. The van der Waals surface area contributed by atoms with E-state index in [1.807, 2.05) is 19.1 Å². The van der Waals surface area contributed by atoms with E-state index in [1.165, 1.54) is 31.0 Å². The molecule has 2 aromatic heterocycles. The first-order chi connectivity index (χ1) is 18.0. The molecule has 0 saturated carbocycles. The minimum absolute atomic E-state index is 0.127. The molecule has 0 bridgehead atoms. The maximum atomic E-state index is 13.6. The molecule has 200 valence electrons. The van der Waals surface area contributed by atoms with Gasteiger partial charge >= 0.3 is 0 Å². The van der Waals surface area contributed by atoms with Crippen molar-refractivity contribution in [2.45, 2.75) is 52.4 Å². The second kappa shape index (κ2) is 13.5. The van der Waals surface area contributed by atoms with Crippen molar-refractivity contribution in [1.29, 1.82) is 0 Å². The van der Waals surface area contributed by atoms with Crippen LogP contribution in [0.15, 0.2) is 28.0 Å². The number of carbonyl (C=O) groups is 1. The largest absolute Gasteiger partial charge is 0.379 e. The Morgan fingerprint density at radius 1 is 1.14 bits per heavy atom. The molecule has 2 fully saturated rings. The van der Waals surface area contributed by atoms with E-state index in [0.717, 1.165) is 57.7 Å². The molecule has 4 rings (SSSR count). The van der Waals surface area contributed by atoms with Crippen molar-refractivity contribution >= 4 is 51.7 Å². The maximum absolute atomic E-state index is 13.6. The summed E-state index contributed by atoms with van der Waals surface area (Å²) in [6, 6.07) is 3.78. The first-order valence-corrected chi connectivity index (χ1v) is 14.5. The predicted octanol–water partition coefficient (Wildman–Crippen LogP) is 4.31. The van der Waals surface area contributed by atoms with Gasteiger partial charge < -0.3 is 10.1 Å². The number of ether oxygens (including phenoxy) is 1. The van der Waals surface area contributed by atoms with Crippen molar-refractivity contribution in [3.63, 3.8) is 0 Å². The number of nitrogens with zero attached hydrogens (tertiary/aromatic N) is 4. The number of fused-ring (bicyclic) bond motifs is 1. The highest BCUT2D eigenvalue weighted by atomic mass is 32.2. The number of unbranched alkanes of at least 4 members (excludes halogenated alkanes) is 4. The number of amides is 1. The van der Waals surface area contributed by atoms with Gasteiger partial charge in [0.05, 0.1) is 23.7 Å². The second-order valence-corrected chi connectivity index (χ2v) is 11.2. The van der Waals surface area contributed by atoms with E-state index < -0.39 is 0 Å². The summed E-state index contributed by atoms with van der Waals surface area (Å²) in [5, 5.41) is 3.38. The molecule has 0 radical (unpaired) electrons. The van der Waals surface area contributed by atoms with Gasteiger partial charge in [-0.25, -0.2) is 4.98 Å². The molecule has 0 unspecified atom stereocenters. The molecule has 10 heteroatoms. The maximum Gasteiger partial charge on any atom is 0.267 e. The molecule has 0 aromatic carbocycles. The fourth-order valence-corrected chi connectivity index (χ4v) is 5.90. The zero-order chi connectivity index (χ0) is 26.2. The van der Waals surface area contributed by atoms with E-state index in [0.29, 0.717) is 39.3 Å². The van der Waals surface area contributed by atoms with Gasteiger partial charge in [-0.2, -0.15) is 0 Å². The minimum Gasteiger partial charge on any atom is -0.379 e. The molecule has 1 amide bonds. The monoisotopic (exact) mass is 543 g/mol. The quantitative estimate of drug-likeness (QED) is 0.241. The number of morpholine rings is 1. The molecule has 2 saturated heterocycles. The molecule has 0 aliphatic carbocycles. The molecule has 0 atom stereocenters. The number of aryl methyl sites for hydroxylation is 1. The fraction of sp³-hybridized carbons (Fsp3) is 0.556. The van der Waals surface area contributed by atoms with Crippen LogP contribution in [-0.2, 0) is 9.53 Å². The van der Waals surface area contributed by atoms with Crippen molar-refractivity contribution in [3.05, 3.63) is 44.7 Å². The average Bonchev–Trinajstić information content (AvgIpc) is 3.17. The van der Waals surface area contributed by atoms with Crippen molar-refractivity contribution in [3.8, 4) is 0 Å². The molecular weight excluding hydrogens is 506 g/mol. The minimum atomic E-state index is -0.200. The van der Waals surface area contributed by atoms with Gasteiger partial charge in [-0.05, 0) is 44.0 Å². The van der Waals surface area contributed by atoms with Crippen LogP contribution in [0.3, 0.4) is 0 Å². The Morgan fingerprint density at radius 2 is 1.92 bits per heavy atom. The van der Waals surface area contributed by atoms with E-state index >= 15 is 0 Å². The van der Waals surface area contributed by atoms with Gasteiger partial charge in [-0.3, -0.25) is 23.8 Å². The summed E-state index contributed by atoms with van der Waals surface area (Å²) in [5.74, 6) is 0.378. The van der Waals surface area contributed by atoms with E-state index in [4.69, 9.17) is 21.9 Å². The van der Waals surface area contributed by atoms with Gasteiger partial charge in [-0.15, -0.1) is 0 Å². The number of aromatic nitrogens is 2. The Kier molecular flexibility index (Phi) is 10.1. The highest BCUT2D eigenvalue weighted by molar-refractivity contribution is 8.26. The summed E-state index contributed by atoms with van der Waals surface area (Å²) in [6.07, 6.45) is 9.87. The Balaban J connectivity index is 1.54. The SMILES string of the molecule is CCCCCCCN1C(=O)/C(=C\c2c(NCCCN3CCOCC3)nc3c(C)cccn3c2=O)SC1=S. The number of rotatable bonds is 12. The van der Waals surface area contributed by atoms with Gasteiger partial charge in [0, 0.05) is 32.4 Å². The van der Waals surface area contributed by atoms with Crippen LogP contribution in [-0.4, -0.2) is 75.3 Å². The Bertz CT molecular complexity index is 1210. The smallest absolute Gasteiger partial charge is 0.267 e. The number of hydrogen-bond acceptors (Lipinski definition) is 8. The van der Waals surface area contributed by atoms with Crippen LogP contribution in [0.1, 0.15) is 56.6 Å². The normalized spacial score (nSPS) is 17.9. The molecule has 2 aliphatic rings. The number of nitrogens with one attached hydrogen (secondary N) is 1. The second-order valence-electron chi connectivity index (χ2n) is 9.55. The first kappa shape index (κ1) is 27.8. The van der Waals surface area contributed by atoms with Crippen molar-refractivity contribution in [1.82, 2.24) is 19.2 Å². The van der Waals surface area contributed by atoms with Gasteiger partial charge in [0.25, 0.3) is 11.5 Å². The molecule has 0 spiro atoms. The van der Waals surface area contributed by atoms with Gasteiger partial charge in [-0.1, -0.05) is 62.7 Å². The van der Waals surface area contributed by atoms with E-state index in [9.17, 15) is 9.59 Å². The number of carbonyl (C=O) groups excluding carboxylic acids is 1. The predicted molar refractivity (Wildman–Crippen MR) is 155 cm³/mol. The lowest BCUT2D eigenvalue weighted by Crippen LogP contribution is -2.37. The zero-order valence-electron chi connectivity index (χ0n) is 21.8. The van der Waals surface area contributed by atoms with Crippen molar-refractivity contribution in [2.24, 2.45) is 0 Å². The third kappa shape index (κ3) is 6.98. The van der Waals surface area contributed by atoms with Gasteiger partial charge in [0.15, 0.2) is 0 Å². The first-order valence-electron chi connectivity index (χ1n) is 13.3. The number of anilines is 1. The summed E-state index contributed by atoms with van der Waals surface area (Å²) >= 11 is 6.78. The topological polar surface area (TPSA) is 79.2 Å². The van der Waals surface area contributed by atoms with Crippen LogP contribution in [0.5, 0.6) is 0 Å². The fourth-order valence-electron chi connectivity index (χ4n) is 4.61. The van der Waals surface area contributed by atoms with Crippen LogP contribution >= 0.6 is 24.0 Å². The van der Waals surface area contributed by atoms with Crippen LogP contribution in [0.4, 0.5) is 5.82 Å². The van der Waals surface area contributed by atoms with Crippen LogP contribution in [0.25, 0.3) is 11.7 Å². The molecular formula is C27H37N5O3S2. The lowest BCUT2D eigenvalue weighted by atomic mass is 10.1. The summed E-state index contributed by atoms with van der Waals surface area (Å²) < 4.78 is 7.53. The lowest BCUT2D eigenvalue weighted by molar-refractivity contribution is -0.122. The zero-order valence-corrected chi connectivity index (χ0v) is 23.5. The van der Waals surface area contributed by atoms with E-state index in [1.54, 1.807) is 21.6 Å². The Labute approximate surface area is 228 Å². The Morgan fingerprint density at radius 3 is 2.70 bits per heavy atom. The molecule has 1 N–H and O–H groups in total. The van der Waals surface area contributed by atoms with E-state index in [-0.39, 0.29) is 11.5 Å². The highest BCUT2D eigenvalue weighted by Gasteiger charge is 2.32. The number of thiocarbonyl (C=S) groups is 1. The molecule has 8 nitrogen and oxygen atoms in total. The van der Waals surface area contributed by atoms with Crippen molar-refractivity contribution < 1.29 is 9.53 Å². The molecule has 4 heterocycles. The summed E-state index contributed by atoms with van der Waals surface area (Å²) in [4.78, 5) is 36.1. The van der Waals surface area contributed by atoms with Gasteiger partial charge in [0.2, 0.25) is 0 Å². The van der Waals surface area contributed by atoms with Crippen molar-refractivity contribution in [2.75, 3.05) is 51.3 Å². The van der Waals surface area contributed by atoms with Crippen LogP contribution in [0.2, 0.25) is 0 Å². The standard InChI is InChI=1S/C27H37N5O3S2/c1-3-4-5-6-7-13-32-26(34)22(37-27(32)36)19-21-23(28-11-9-12-30-15-17-35-18-16-30)29-24-20(2)10-8-14-31(24)25(21)33/h8,10,14,19,28H,3-7,9,11-13,15-18H2,1-2H3/b22-19+. The van der Waals surface area contributed by atoms with Crippen LogP contribution < -0.4 is 10.9 Å². The number of thioether (sulfide) groups is 1. The highest BCUT2D eigenvalue weighted by Crippen LogP contribution is 2.33. The molecule has 2 aliphatic heterocycles.